The highest BCUT2D eigenvalue weighted by Gasteiger charge is 2.16. The topological polar surface area (TPSA) is 76.1 Å². The average molecular weight is 344 g/mol. The van der Waals surface area contributed by atoms with Gasteiger partial charge in [-0.2, -0.15) is 0 Å². The molecule has 0 radical (unpaired) electrons. The lowest BCUT2D eigenvalue weighted by Gasteiger charge is -2.16. The van der Waals surface area contributed by atoms with Gasteiger partial charge in [-0.1, -0.05) is 0 Å². The molecule has 24 heavy (non-hydrogen) atoms. The van der Waals surface area contributed by atoms with Crippen molar-refractivity contribution in [3.63, 3.8) is 0 Å². The number of pyridine rings is 1. The highest BCUT2D eigenvalue weighted by atomic mass is 32.1. The first-order valence-corrected chi connectivity index (χ1v) is 9.17. The Labute approximate surface area is 144 Å². The van der Waals surface area contributed by atoms with Crippen molar-refractivity contribution in [3.8, 4) is 0 Å². The summed E-state index contributed by atoms with van der Waals surface area (Å²) >= 11 is 1.79. The van der Waals surface area contributed by atoms with E-state index < -0.39 is 0 Å². The molecule has 7 heteroatoms. The molecule has 0 atom stereocenters. The Morgan fingerprint density at radius 2 is 2.25 bits per heavy atom. The molecule has 2 aromatic heterocycles. The summed E-state index contributed by atoms with van der Waals surface area (Å²) in [5.41, 5.74) is 4.08. The third-order valence-corrected chi connectivity index (χ3v) is 5.54. The van der Waals surface area contributed by atoms with E-state index in [9.17, 15) is 4.79 Å². The molecule has 1 aliphatic heterocycles. The maximum atomic E-state index is 12.0. The van der Waals surface area contributed by atoms with Gasteiger partial charge < -0.3 is 15.4 Å². The van der Waals surface area contributed by atoms with Gasteiger partial charge in [-0.3, -0.25) is 4.98 Å². The molecule has 0 spiro atoms. The van der Waals surface area contributed by atoms with Crippen LogP contribution in [0.2, 0.25) is 0 Å². The summed E-state index contributed by atoms with van der Waals surface area (Å²) in [6.45, 7) is 1.86. The summed E-state index contributed by atoms with van der Waals surface area (Å²) in [5.74, 6) is 0. The van der Waals surface area contributed by atoms with Crippen molar-refractivity contribution in [2.24, 2.45) is 0 Å². The number of aryl methyl sites for hydroxylation is 2. The van der Waals surface area contributed by atoms with Gasteiger partial charge >= 0.3 is 6.03 Å². The van der Waals surface area contributed by atoms with E-state index >= 15 is 0 Å². The van der Waals surface area contributed by atoms with Crippen LogP contribution >= 0.6 is 11.3 Å². The number of nitrogens with one attached hydrogen (secondary N) is 2. The standard InChI is InChI=1S/C17H20N4O2S/c22-17(18-6-4-16-21-14-2-1-3-15(14)24-16)20-12-8-11-10-23-7-5-13(11)19-9-12/h8-9H,1-7,10H2,(H2,18,20,22). The zero-order valence-electron chi connectivity index (χ0n) is 13.4. The number of rotatable bonds is 4. The largest absolute Gasteiger partial charge is 0.376 e. The Bertz CT molecular complexity index is 738. The lowest BCUT2D eigenvalue weighted by Crippen LogP contribution is -2.30. The number of ether oxygens (including phenoxy) is 1. The van der Waals surface area contributed by atoms with Crippen LogP contribution in [-0.2, 0) is 37.0 Å². The number of nitrogens with zero attached hydrogens (tertiary/aromatic N) is 2. The Morgan fingerprint density at radius 1 is 1.29 bits per heavy atom. The number of hydrogen-bond donors (Lipinski definition) is 2. The molecule has 2 N–H and O–H groups in total. The quantitative estimate of drug-likeness (QED) is 0.893. The second kappa shape index (κ2) is 6.86. The number of thiazole rings is 1. The van der Waals surface area contributed by atoms with Crippen molar-refractivity contribution in [1.82, 2.24) is 15.3 Å². The zero-order valence-corrected chi connectivity index (χ0v) is 14.2. The van der Waals surface area contributed by atoms with Crippen molar-refractivity contribution in [1.29, 1.82) is 0 Å². The Hall–Kier alpha value is -1.99. The summed E-state index contributed by atoms with van der Waals surface area (Å²) < 4.78 is 5.42. The molecule has 4 rings (SSSR count). The van der Waals surface area contributed by atoms with Gasteiger partial charge in [0.05, 0.1) is 35.8 Å². The number of aromatic nitrogens is 2. The van der Waals surface area contributed by atoms with Gasteiger partial charge in [-0.15, -0.1) is 11.3 Å². The molecular weight excluding hydrogens is 324 g/mol. The molecule has 0 aromatic carbocycles. The Kier molecular flexibility index (Phi) is 4.44. The fourth-order valence-electron chi connectivity index (χ4n) is 3.12. The number of anilines is 1. The molecule has 126 valence electrons. The summed E-state index contributed by atoms with van der Waals surface area (Å²) in [5, 5.41) is 6.83. The first-order valence-electron chi connectivity index (χ1n) is 8.36. The SMILES string of the molecule is O=C(NCCc1nc2c(s1)CCC2)Nc1cnc2c(c1)COCC2. The van der Waals surface area contributed by atoms with E-state index in [1.165, 1.54) is 17.0 Å². The Morgan fingerprint density at radius 3 is 3.17 bits per heavy atom. The molecule has 0 unspecified atom stereocenters. The van der Waals surface area contributed by atoms with Crippen molar-refractivity contribution in [3.05, 3.63) is 39.1 Å². The normalized spacial score (nSPS) is 15.7. The second-order valence-electron chi connectivity index (χ2n) is 6.09. The van der Waals surface area contributed by atoms with E-state index in [-0.39, 0.29) is 6.03 Å². The monoisotopic (exact) mass is 344 g/mol. The highest BCUT2D eigenvalue weighted by Crippen LogP contribution is 2.27. The third kappa shape index (κ3) is 3.42. The summed E-state index contributed by atoms with van der Waals surface area (Å²) in [6, 6.07) is 1.73. The van der Waals surface area contributed by atoms with Crippen LogP contribution in [0.1, 0.15) is 33.3 Å². The highest BCUT2D eigenvalue weighted by molar-refractivity contribution is 7.11. The summed E-state index contributed by atoms with van der Waals surface area (Å²) in [7, 11) is 0. The minimum Gasteiger partial charge on any atom is -0.376 e. The molecule has 0 fully saturated rings. The third-order valence-electron chi connectivity index (χ3n) is 4.32. The molecule has 0 saturated heterocycles. The number of amides is 2. The van der Waals surface area contributed by atoms with E-state index in [1.807, 2.05) is 6.07 Å². The number of hydrogen-bond acceptors (Lipinski definition) is 5. The molecule has 6 nitrogen and oxygen atoms in total. The van der Waals surface area contributed by atoms with Crippen LogP contribution < -0.4 is 10.6 Å². The molecular formula is C17H20N4O2S. The van der Waals surface area contributed by atoms with Crippen LogP contribution in [0.3, 0.4) is 0 Å². The van der Waals surface area contributed by atoms with Crippen molar-refractivity contribution in [2.75, 3.05) is 18.5 Å². The van der Waals surface area contributed by atoms with Gasteiger partial charge in [-0.25, -0.2) is 9.78 Å². The van der Waals surface area contributed by atoms with E-state index in [4.69, 9.17) is 4.74 Å². The van der Waals surface area contributed by atoms with Gasteiger partial charge in [0.15, 0.2) is 0 Å². The van der Waals surface area contributed by atoms with Crippen molar-refractivity contribution in [2.45, 2.75) is 38.7 Å². The number of fused-ring (bicyclic) bond motifs is 2. The van der Waals surface area contributed by atoms with E-state index in [0.717, 1.165) is 41.9 Å². The fourth-order valence-corrected chi connectivity index (χ4v) is 4.27. The van der Waals surface area contributed by atoms with Crippen molar-refractivity contribution < 1.29 is 9.53 Å². The molecule has 1 aliphatic carbocycles. The average Bonchev–Trinajstić information content (AvgIpc) is 3.16. The van der Waals surface area contributed by atoms with Crippen LogP contribution in [-0.4, -0.2) is 29.2 Å². The van der Waals surface area contributed by atoms with Gasteiger partial charge in [0.1, 0.15) is 0 Å². The predicted molar refractivity (Wildman–Crippen MR) is 92.5 cm³/mol. The van der Waals surface area contributed by atoms with Gasteiger partial charge in [0.2, 0.25) is 0 Å². The first kappa shape index (κ1) is 15.5. The fraction of sp³-hybridized carbons (Fsp3) is 0.471. The minimum absolute atomic E-state index is 0.211. The zero-order chi connectivity index (χ0) is 16.4. The molecule has 3 heterocycles. The molecule has 2 aliphatic rings. The van der Waals surface area contributed by atoms with Crippen LogP contribution in [0.4, 0.5) is 10.5 Å². The number of carbonyl (C=O) groups is 1. The molecule has 0 saturated carbocycles. The lowest BCUT2D eigenvalue weighted by molar-refractivity contribution is 0.109. The van der Waals surface area contributed by atoms with Gasteiger partial charge in [0.25, 0.3) is 0 Å². The lowest BCUT2D eigenvalue weighted by atomic mass is 10.1. The molecule has 0 bridgehead atoms. The number of urea groups is 1. The maximum Gasteiger partial charge on any atom is 0.319 e. The smallest absolute Gasteiger partial charge is 0.319 e. The second-order valence-corrected chi connectivity index (χ2v) is 7.26. The van der Waals surface area contributed by atoms with E-state index in [1.54, 1.807) is 17.5 Å². The van der Waals surface area contributed by atoms with Crippen LogP contribution in [0, 0.1) is 0 Å². The number of carbonyl (C=O) groups excluding carboxylic acids is 1. The van der Waals surface area contributed by atoms with Gasteiger partial charge in [-0.05, 0) is 25.3 Å². The van der Waals surface area contributed by atoms with E-state index in [0.29, 0.717) is 25.4 Å². The maximum absolute atomic E-state index is 12.0. The van der Waals surface area contributed by atoms with E-state index in [2.05, 4.69) is 20.6 Å². The molecule has 2 amide bonds. The van der Waals surface area contributed by atoms with Crippen LogP contribution in [0.15, 0.2) is 12.3 Å². The summed E-state index contributed by atoms with van der Waals surface area (Å²) in [6.07, 6.45) is 6.82. The van der Waals surface area contributed by atoms with Crippen molar-refractivity contribution >= 4 is 23.1 Å². The Balaban J connectivity index is 1.27. The first-order chi connectivity index (χ1) is 11.8. The predicted octanol–water partition coefficient (Wildman–Crippen LogP) is 2.46. The molecule has 2 aromatic rings. The minimum atomic E-state index is -0.211. The summed E-state index contributed by atoms with van der Waals surface area (Å²) in [4.78, 5) is 22.5. The van der Waals surface area contributed by atoms with Crippen LogP contribution in [0.25, 0.3) is 0 Å². The van der Waals surface area contributed by atoms with Gasteiger partial charge in [0, 0.05) is 35.5 Å². The van der Waals surface area contributed by atoms with Crippen LogP contribution in [0.5, 0.6) is 0 Å².